The van der Waals surface area contributed by atoms with Gasteiger partial charge in [0.15, 0.2) is 11.4 Å². The highest BCUT2D eigenvalue weighted by molar-refractivity contribution is 6.35. The van der Waals surface area contributed by atoms with Gasteiger partial charge in [0.25, 0.3) is 22.9 Å². The number of aromatic hydroxyl groups is 2. The number of carbonyl (C=O) groups is 6. The molecule has 4 N–H and O–H groups in total. The number of hydrogen-bond acceptors (Lipinski definition) is 14. The van der Waals surface area contributed by atoms with E-state index in [2.05, 4.69) is 20.6 Å². The first kappa shape index (κ1) is 54.3. The molecular formula is C47H58F2N10O12. The smallest absolute Gasteiger partial charge is 0.312 e. The maximum absolute atomic E-state index is 13.2. The molecule has 0 saturated heterocycles. The van der Waals surface area contributed by atoms with Gasteiger partial charge in [-0.1, -0.05) is 31.2 Å². The summed E-state index contributed by atoms with van der Waals surface area (Å²) in [4.78, 5) is 116. The summed E-state index contributed by atoms with van der Waals surface area (Å²) in [7, 11) is 8.65. The van der Waals surface area contributed by atoms with Gasteiger partial charge in [-0.15, -0.1) is 0 Å². The molecule has 4 heterocycles. The van der Waals surface area contributed by atoms with Crippen molar-refractivity contribution in [2.24, 2.45) is 0 Å². The van der Waals surface area contributed by atoms with Crippen molar-refractivity contribution in [2.75, 3.05) is 62.1 Å². The Morgan fingerprint density at radius 1 is 0.704 bits per heavy atom. The number of carbonyl (C=O) groups excluding carboxylic acids is 6. The molecule has 6 rings (SSSR count). The second kappa shape index (κ2) is 23.8. The topological polar surface area (TPSA) is 268 Å². The Hall–Kier alpha value is -7.60. The Labute approximate surface area is 406 Å². The van der Waals surface area contributed by atoms with Gasteiger partial charge in [-0.05, 0) is 61.6 Å². The van der Waals surface area contributed by atoms with Crippen LogP contribution < -0.4 is 21.8 Å². The van der Waals surface area contributed by atoms with Gasteiger partial charge in [0, 0.05) is 62.0 Å². The first-order chi connectivity index (χ1) is 33.6. The summed E-state index contributed by atoms with van der Waals surface area (Å²) >= 11 is 0. The van der Waals surface area contributed by atoms with Crippen molar-refractivity contribution < 1.29 is 57.2 Å². The lowest BCUT2D eigenvalue weighted by molar-refractivity contribution is -0.152. The van der Waals surface area contributed by atoms with Gasteiger partial charge >= 0.3 is 23.6 Å². The number of nitrogens with zero attached hydrogens (tertiary/aromatic N) is 8. The SMILES string of the molecule is CCC1COCC(N(C)C(=O)C(=O)N(C)C)c2nc(C(=O)NCc3ccc(F)cc3)c(O)c(=O)n21.CCN(C(=O)C(=O)N(C)C)C1CCC(OC)Cn2c1nc(C(=O)NCc1ccc(F)cc1)c(O)c2=O. The molecule has 2 aliphatic heterocycles. The van der Waals surface area contributed by atoms with Crippen molar-refractivity contribution in [3.8, 4) is 11.5 Å². The van der Waals surface area contributed by atoms with E-state index >= 15 is 0 Å². The second-order valence-corrected chi connectivity index (χ2v) is 17.0. The van der Waals surface area contributed by atoms with E-state index in [4.69, 9.17) is 9.47 Å². The molecule has 0 aliphatic carbocycles. The molecule has 382 valence electrons. The molecule has 4 atom stereocenters. The zero-order valence-electron chi connectivity index (χ0n) is 40.6. The van der Waals surface area contributed by atoms with E-state index < -0.39 is 105 Å². The minimum Gasteiger partial charge on any atom is -0.501 e. The molecule has 2 aromatic carbocycles. The number of rotatable bonds is 11. The summed E-state index contributed by atoms with van der Waals surface area (Å²) in [6.45, 7) is 3.74. The molecule has 2 aliphatic rings. The largest absolute Gasteiger partial charge is 0.501 e. The van der Waals surface area contributed by atoms with Crippen molar-refractivity contribution in [1.82, 2.24) is 49.3 Å². The van der Waals surface area contributed by atoms with Crippen LogP contribution in [0.15, 0.2) is 58.1 Å². The maximum Gasteiger partial charge on any atom is 0.312 e. The molecule has 0 saturated carbocycles. The molecule has 0 bridgehead atoms. The number of hydrogen-bond donors (Lipinski definition) is 4. The Morgan fingerprint density at radius 3 is 1.68 bits per heavy atom. The normalized spacial score (nSPS) is 17.1. The van der Waals surface area contributed by atoms with Gasteiger partial charge < -0.3 is 49.9 Å². The first-order valence-electron chi connectivity index (χ1n) is 22.5. The van der Waals surface area contributed by atoms with E-state index in [1.165, 1.54) is 105 Å². The van der Waals surface area contributed by atoms with Gasteiger partial charge in [0.2, 0.25) is 11.5 Å². The van der Waals surface area contributed by atoms with E-state index in [0.29, 0.717) is 30.4 Å². The average molecular weight is 993 g/mol. The highest BCUT2D eigenvalue weighted by atomic mass is 19.1. The minimum atomic E-state index is -0.972. The van der Waals surface area contributed by atoms with Crippen LogP contribution in [0.5, 0.6) is 11.5 Å². The van der Waals surface area contributed by atoms with Crippen molar-refractivity contribution in [3.05, 3.63) is 115 Å². The molecule has 4 aromatic rings. The number of aromatic nitrogens is 4. The Morgan fingerprint density at radius 2 is 1.20 bits per heavy atom. The number of fused-ring (bicyclic) bond motifs is 2. The van der Waals surface area contributed by atoms with E-state index in [1.54, 1.807) is 6.92 Å². The quantitative estimate of drug-likeness (QED) is 0.155. The first-order valence-corrected chi connectivity index (χ1v) is 22.5. The van der Waals surface area contributed by atoms with Crippen LogP contribution in [-0.4, -0.2) is 153 Å². The van der Waals surface area contributed by atoms with Gasteiger partial charge in [-0.25, -0.2) is 18.7 Å². The van der Waals surface area contributed by atoms with Crippen LogP contribution in [-0.2, 0) is 48.3 Å². The van der Waals surface area contributed by atoms with Crippen LogP contribution >= 0.6 is 0 Å². The van der Waals surface area contributed by atoms with Gasteiger partial charge in [0.1, 0.15) is 29.3 Å². The average Bonchev–Trinajstić information content (AvgIpc) is 3.67. The molecular weight excluding hydrogens is 935 g/mol. The Balaban J connectivity index is 0.000000264. The molecule has 0 spiro atoms. The number of halogens is 2. The van der Waals surface area contributed by atoms with Crippen molar-refractivity contribution in [3.63, 3.8) is 0 Å². The van der Waals surface area contributed by atoms with Gasteiger partial charge in [0.05, 0.1) is 37.9 Å². The molecule has 0 fully saturated rings. The molecule has 6 amide bonds. The molecule has 0 radical (unpaired) electrons. The number of amides is 6. The number of nitrogens with one attached hydrogen (secondary N) is 2. The molecule has 2 aromatic heterocycles. The lowest BCUT2D eigenvalue weighted by atomic mass is 10.1. The number of methoxy groups -OCH3 is 1. The molecule has 71 heavy (non-hydrogen) atoms. The summed E-state index contributed by atoms with van der Waals surface area (Å²) in [6, 6.07) is 8.61. The van der Waals surface area contributed by atoms with E-state index in [9.17, 15) is 57.4 Å². The maximum atomic E-state index is 13.2. The number of likely N-dealkylation sites (N-methyl/N-ethyl adjacent to an activating group) is 4. The van der Waals surface area contributed by atoms with Crippen molar-refractivity contribution >= 4 is 35.4 Å². The van der Waals surface area contributed by atoms with Crippen molar-refractivity contribution in [2.45, 2.75) is 77.0 Å². The summed E-state index contributed by atoms with van der Waals surface area (Å²) in [6.07, 6.45) is 0.790. The van der Waals surface area contributed by atoms with E-state index in [1.807, 2.05) is 6.92 Å². The lowest BCUT2D eigenvalue weighted by Gasteiger charge is -2.31. The number of ether oxygens (including phenoxy) is 2. The summed E-state index contributed by atoms with van der Waals surface area (Å²) in [5.41, 5.74) is -1.55. The Kier molecular flexibility index (Phi) is 18.2. The zero-order chi connectivity index (χ0) is 52.4. The van der Waals surface area contributed by atoms with Crippen LogP contribution in [0.2, 0.25) is 0 Å². The lowest BCUT2D eigenvalue weighted by Crippen LogP contribution is -2.45. The van der Waals surface area contributed by atoms with E-state index in [0.717, 1.165) is 14.7 Å². The molecule has 22 nitrogen and oxygen atoms in total. The summed E-state index contributed by atoms with van der Waals surface area (Å²) in [5, 5.41) is 26.2. The van der Waals surface area contributed by atoms with Gasteiger partial charge in [-0.3, -0.25) is 47.5 Å². The van der Waals surface area contributed by atoms with Crippen LogP contribution in [0.25, 0.3) is 0 Å². The zero-order valence-corrected chi connectivity index (χ0v) is 40.6. The minimum absolute atomic E-state index is 0.00149. The van der Waals surface area contributed by atoms with E-state index in [-0.39, 0.29) is 51.0 Å². The van der Waals surface area contributed by atoms with Crippen LogP contribution in [0.4, 0.5) is 8.78 Å². The van der Waals surface area contributed by atoms with Crippen LogP contribution in [0.3, 0.4) is 0 Å². The fourth-order valence-electron chi connectivity index (χ4n) is 7.78. The second-order valence-electron chi connectivity index (χ2n) is 17.0. The third-order valence-corrected chi connectivity index (χ3v) is 11.9. The summed E-state index contributed by atoms with van der Waals surface area (Å²) < 4.78 is 39.8. The predicted molar refractivity (Wildman–Crippen MR) is 249 cm³/mol. The predicted octanol–water partition coefficient (Wildman–Crippen LogP) is 1.39. The summed E-state index contributed by atoms with van der Waals surface area (Å²) in [5.74, 6) is -7.25. The third kappa shape index (κ3) is 12.4. The van der Waals surface area contributed by atoms with Crippen LogP contribution in [0, 0.1) is 11.6 Å². The monoisotopic (exact) mass is 992 g/mol. The standard InChI is InChI=1S/C24H30FN5O6.C23H28FN5O6/c1-5-29(24(35)23(34)28(2)3)17-11-10-16(36-4)13-30-20(17)27-18(19(31)22(30)33)21(32)26-12-14-6-8-15(25)9-7-14;1-5-15-11-35-12-16(28(4)23(34)22(33)27(2)3)19-26-17(18(30)21(32)29(15)19)20(31)25-10-13-6-8-14(24)9-7-13/h6-9,16-17,31H,5,10-13H2,1-4H3,(H,26,32);6-9,15-16,30H,5,10-12H2,1-4H3,(H,25,31). The third-order valence-electron chi connectivity index (χ3n) is 11.9. The molecule has 4 unspecified atom stereocenters. The van der Waals surface area contributed by atoms with Crippen LogP contribution in [0.1, 0.15) is 95.0 Å². The number of benzene rings is 2. The highest BCUT2D eigenvalue weighted by Gasteiger charge is 2.38. The Bertz CT molecular complexity index is 2750. The fourth-order valence-corrected chi connectivity index (χ4v) is 7.78. The van der Waals surface area contributed by atoms with Crippen molar-refractivity contribution in [1.29, 1.82) is 0 Å². The van der Waals surface area contributed by atoms with Gasteiger partial charge in [-0.2, -0.15) is 0 Å². The fraction of sp³-hybridized carbons (Fsp3) is 0.447. The highest BCUT2D eigenvalue weighted by Crippen LogP contribution is 2.31. The molecule has 24 heteroatoms.